The van der Waals surface area contributed by atoms with Gasteiger partial charge < -0.3 is 10.1 Å². The fourth-order valence-corrected chi connectivity index (χ4v) is 4.84. The number of ether oxygens (including phenoxy) is 1. The first-order valence-corrected chi connectivity index (χ1v) is 12.2. The second-order valence-corrected chi connectivity index (χ2v) is 9.65. The standard InChI is InChI=1S/C24H22ClF3N2O4S/c25-21-12-11-19(24(26,27)28)15-22(21)30(35(32,33)20-9-5-2-6-10-20)16-23(31)29-13-14-34-17-18-7-3-1-4-8-18/h1-12,15H,13-14,16-17H2,(H,29,31). The van der Waals surface area contributed by atoms with Gasteiger partial charge >= 0.3 is 6.18 Å². The predicted octanol–water partition coefficient (Wildman–Crippen LogP) is 4.89. The molecule has 186 valence electrons. The maximum absolute atomic E-state index is 13.3. The molecular formula is C24H22ClF3N2O4S. The molecule has 1 amide bonds. The molecule has 0 atom stereocenters. The number of carbonyl (C=O) groups excluding carboxylic acids is 1. The molecule has 3 rings (SSSR count). The maximum atomic E-state index is 13.3. The summed E-state index contributed by atoms with van der Waals surface area (Å²) in [6.07, 6.45) is -4.74. The monoisotopic (exact) mass is 526 g/mol. The van der Waals surface area contributed by atoms with Gasteiger partial charge in [-0.2, -0.15) is 13.2 Å². The van der Waals surface area contributed by atoms with Crippen LogP contribution in [0.4, 0.5) is 18.9 Å². The van der Waals surface area contributed by atoms with E-state index in [9.17, 15) is 26.4 Å². The summed E-state index contributed by atoms with van der Waals surface area (Å²) in [7, 11) is -4.42. The van der Waals surface area contributed by atoms with E-state index in [1.807, 2.05) is 30.3 Å². The first-order valence-electron chi connectivity index (χ1n) is 10.4. The summed E-state index contributed by atoms with van der Waals surface area (Å²) >= 11 is 6.10. The van der Waals surface area contributed by atoms with Gasteiger partial charge in [0.15, 0.2) is 0 Å². The van der Waals surface area contributed by atoms with Crippen LogP contribution in [0.15, 0.2) is 83.8 Å². The summed E-state index contributed by atoms with van der Waals surface area (Å²) < 4.78 is 72.5. The van der Waals surface area contributed by atoms with Crippen molar-refractivity contribution in [1.82, 2.24) is 5.32 Å². The first-order chi connectivity index (χ1) is 16.6. The van der Waals surface area contributed by atoms with E-state index in [-0.39, 0.29) is 23.1 Å². The molecule has 0 aliphatic carbocycles. The van der Waals surface area contributed by atoms with E-state index in [0.717, 1.165) is 17.7 Å². The molecule has 11 heteroatoms. The van der Waals surface area contributed by atoms with Crippen LogP contribution in [0.3, 0.4) is 0 Å². The van der Waals surface area contributed by atoms with Crippen molar-refractivity contribution < 1.29 is 31.1 Å². The van der Waals surface area contributed by atoms with Gasteiger partial charge in [-0.15, -0.1) is 0 Å². The minimum atomic E-state index is -4.74. The fourth-order valence-electron chi connectivity index (χ4n) is 3.11. The van der Waals surface area contributed by atoms with Crippen molar-refractivity contribution in [2.45, 2.75) is 17.7 Å². The molecule has 0 spiro atoms. The van der Waals surface area contributed by atoms with Crippen LogP contribution in [0.25, 0.3) is 0 Å². The summed E-state index contributed by atoms with van der Waals surface area (Å²) in [6, 6.07) is 18.7. The van der Waals surface area contributed by atoms with Gasteiger partial charge in [-0.1, -0.05) is 60.1 Å². The van der Waals surface area contributed by atoms with Gasteiger partial charge in [-0.3, -0.25) is 9.10 Å². The second kappa shape index (κ2) is 11.6. The van der Waals surface area contributed by atoms with Crippen LogP contribution in [0, 0.1) is 0 Å². The molecular weight excluding hydrogens is 505 g/mol. The lowest BCUT2D eigenvalue weighted by Crippen LogP contribution is -2.42. The lowest BCUT2D eigenvalue weighted by Gasteiger charge is -2.25. The average molecular weight is 527 g/mol. The van der Waals surface area contributed by atoms with Crippen LogP contribution in [0.1, 0.15) is 11.1 Å². The highest BCUT2D eigenvalue weighted by molar-refractivity contribution is 7.92. The molecule has 0 heterocycles. The van der Waals surface area contributed by atoms with Crippen LogP contribution < -0.4 is 9.62 Å². The number of carbonyl (C=O) groups is 1. The molecule has 6 nitrogen and oxygen atoms in total. The smallest absolute Gasteiger partial charge is 0.375 e. The molecule has 0 saturated carbocycles. The number of halogens is 4. The third-order valence-corrected chi connectivity index (χ3v) is 6.93. The highest BCUT2D eigenvalue weighted by Gasteiger charge is 2.34. The number of hydrogen-bond acceptors (Lipinski definition) is 4. The number of rotatable bonds is 10. The van der Waals surface area contributed by atoms with Crippen molar-refractivity contribution in [1.29, 1.82) is 0 Å². The molecule has 0 aliphatic rings. The molecule has 0 aliphatic heterocycles. The van der Waals surface area contributed by atoms with Gasteiger partial charge in [0.05, 0.1) is 34.4 Å². The zero-order chi connectivity index (χ0) is 25.5. The van der Waals surface area contributed by atoms with E-state index in [1.165, 1.54) is 24.3 Å². The molecule has 0 bridgehead atoms. The van der Waals surface area contributed by atoms with Gasteiger partial charge in [0, 0.05) is 6.54 Å². The zero-order valence-electron chi connectivity index (χ0n) is 18.3. The number of nitrogens with one attached hydrogen (secondary N) is 1. The predicted molar refractivity (Wildman–Crippen MR) is 127 cm³/mol. The normalized spacial score (nSPS) is 11.8. The molecule has 35 heavy (non-hydrogen) atoms. The Labute approximate surface area is 206 Å². The number of anilines is 1. The van der Waals surface area contributed by atoms with Crippen molar-refractivity contribution in [3.63, 3.8) is 0 Å². The molecule has 0 aromatic heterocycles. The summed E-state index contributed by atoms with van der Waals surface area (Å²) in [6.45, 7) is -0.237. The molecule has 0 unspecified atom stereocenters. The Morgan fingerprint density at radius 2 is 1.60 bits per heavy atom. The van der Waals surface area contributed by atoms with Crippen LogP contribution >= 0.6 is 11.6 Å². The topological polar surface area (TPSA) is 75.7 Å². The van der Waals surface area contributed by atoms with Crippen LogP contribution in [-0.4, -0.2) is 34.0 Å². The van der Waals surface area contributed by atoms with Crippen molar-refractivity contribution in [3.8, 4) is 0 Å². The number of sulfonamides is 1. The molecule has 0 saturated heterocycles. The van der Waals surface area contributed by atoms with E-state index in [2.05, 4.69) is 5.32 Å². The maximum Gasteiger partial charge on any atom is 0.416 e. The Kier molecular flexibility index (Phi) is 8.76. The summed E-state index contributed by atoms with van der Waals surface area (Å²) in [5.74, 6) is -0.735. The summed E-state index contributed by atoms with van der Waals surface area (Å²) in [5, 5.41) is 2.27. The van der Waals surface area contributed by atoms with Crippen molar-refractivity contribution in [3.05, 3.63) is 95.0 Å². The fraction of sp³-hybridized carbons (Fsp3) is 0.208. The van der Waals surface area contributed by atoms with Gasteiger partial charge in [0.2, 0.25) is 5.91 Å². The van der Waals surface area contributed by atoms with Gasteiger partial charge in [0.1, 0.15) is 6.54 Å². The largest absolute Gasteiger partial charge is 0.416 e. The van der Waals surface area contributed by atoms with Crippen LogP contribution in [0.2, 0.25) is 5.02 Å². The summed E-state index contributed by atoms with van der Waals surface area (Å²) in [4.78, 5) is 12.4. The molecule has 3 aromatic rings. The highest BCUT2D eigenvalue weighted by atomic mass is 35.5. The lowest BCUT2D eigenvalue weighted by atomic mass is 10.2. The Balaban J connectivity index is 1.77. The summed E-state index contributed by atoms with van der Waals surface area (Å²) in [5.41, 5.74) is -0.612. The Morgan fingerprint density at radius 3 is 2.23 bits per heavy atom. The molecule has 3 aromatic carbocycles. The van der Waals surface area contributed by atoms with Gasteiger partial charge in [-0.25, -0.2) is 8.42 Å². The van der Waals surface area contributed by atoms with Crippen LogP contribution in [0.5, 0.6) is 0 Å². The van der Waals surface area contributed by atoms with E-state index in [4.69, 9.17) is 16.3 Å². The zero-order valence-corrected chi connectivity index (χ0v) is 19.9. The molecule has 0 fully saturated rings. The quantitative estimate of drug-likeness (QED) is 0.382. The van der Waals surface area contributed by atoms with Crippen molar-refractivity contribution in [2.75, 3.05) is 24.0 Å². The Hall–Kier alpha value is -3.08. The minimum Gasteiger partial charge on any atom is -0.375 e. The SMILES string of the molecule is O=C(CN(c1cc(C(F)(F)F)ccc1Cl)S(=O)(=O)c1ccccc1)NCCOCc1ccccc1. The number of amides is 1. The third kappa shape index (κ3) is 7.20. The number of alkyl halides is 3. The van der Waals surface area contributed by atoms with Crippen molar-refractivity contribution in [2.24, 2.45) is 0 Å². The first kappa shape index (κ1) is 26.5. The Morgan fingerprint density at radius 1 is 0.971 bits per heavy atom. The third-order valence-electron chi connectivity index (χ3n) is 4.84. The van der Waals surface area contributed by atoms with E-state index in [1.54, 1.807) is 6.07 Å². The van der Waals surface area contributed by atoms with E-state index < -0.39 is 39.9 Å². The number of benzene rings is 3. The van der Waals surface area contributed by atoms with Crippen molar-refractivity contribution >= 4 is 33.2 Å². The average Bonchev–Trinajstić information content (AvgIpc) is 2.83. The highest BCUT2D eigenvalue weighted by Crippen LogP contribution is 2.37. The lowest BCUT2D eigenvalue weighted by molar-refractivity contribution is -0.137. The van der Waals surface area contributed by atoms with Gasteiger partial charge in [-0.05, 0) is 35.9 Å². The Bertz CT molecular complexity index is 1240. The van der Waals surface area contributed by atoms with Gasteiger partial charge in [0.25, 0.3) is 10.0 Å². The molecule has 0 radical (unpaired) electrons. The minimum absolute atomic E-state index is 0.0706. The van der Waals surface area contributed by atoms with E-state index >= 15 is 0 Å². The van der Waals surface area contributed by atoms with E-state index in [0.29, 0.717) is 17.0 Å². The molecule has 1 N–H and O–H groups in total. The number of nitrogens with zero attached hydrogens (tertiary/aromatic N) is 1. The van der Waals surface area contributed by atoms with Crippen LogP contribution in [-0.2, 0) is 32.3 Å². The second-order valence-electron chi connectivity index (χ2n) is 7.38. The number of hydrogen-bond donors (Lipinski definition) is 1.